The molecule has 0 bridgehead atoms. The number of nitrogens with two attached hydrogens (primary N) is 1. The highest BCUT2D eigenvalue weighted by Gasteiger charge is 1.92. The summed E-state index contributed by atoms with van der Waals surface area (Å²) in [6.07, 6.45) is 1.23. The SMILES string of the molecule is Nc1nc(/C=N\O)cs1. The number of thiazole rings is 1. The molecule has 0 spiro atoms. The zero-order valence-corrected chi connectivity index (χ0v) is 5.30. The third kappa shape index (κ3) is 1.39. The maximum atomic E-state index is 8.02. The van der Waals surface area contributed by atoms with Gasteiger partial charge in [0.2, 0.25) is 0 Å². The Bertz CT molecular complexity index is 219. The van der Waals surface area contributed by atoms with Crippen LogP contribution in [0.2, 0.25) is 0 Å². The van der Waals surface area contributed by atoms with Crippen molar-refractivity contribution < 1.29 is 5.21 Å². The molecule has 0 aliphatic carbocycles. The minimum atomic E-state index is 0.477. The monoisotopic (exact) mass is 143 g/mol. The first kappa shape index (κ1) is 6.03. The third-order valence-corrected chi connectivity index (χ3v) is 1.42. The molecule has 0 saturated carbocycles. The number of hydrogen-bond acceptors (Lipinski definition) is 5. The van der Waals surface area contributed by atoms with Crippen molar-refractivity contribution in [3.8, 4) is 0 Å². The van der Waals surface area contributed by atoms with E-state index in [0.717, 1.165) is 0 Å². The van der Waals surface area contributed by atoms with Crippen molar-refractivity contribution in [1.82, 2.24) is 4.98 Å². The molecule has 1 rings (SSSR count). The average Bonchev–Trinajstić information content (AvgIpc) is 2.17. The molecule has 3 N–H and O–H groups in total. The summed E-state index contributed by atoms with van der Waals surface area (Å²) in [5.74, 6) is 0. The highest BCUT2D eigenvalue weighted by Crippen LogP contribution is 2.08. The zero-order valence-electron chi connectivity index (χ0n) is 4.48. The predicted octanol–water partition coefficient (Wildman–Crippen LogP) is 0.533. The summed E-state index contributed by atoms with van der Waals surface area (Å²) < 4.78 is 0. The van der Waals surface area contributed by atoms with Gasteiger partial charge in [0.05, 0.1) is 11.9 Å². The number of aromatic nitrogens is 1. The summed E-state index contributed by atoms with van der Waals surface area (Å²) >= 11 is 1.31. The molecule has 0 radical (unpaired) electrons. The Morgan fingerprint density at radius 3 is 3.11 bits per heavy atom. The Balaban J connectivity index is 2.85. The standard InChI is InChI=1S/C4H5N3OS/c5-4-7-3(1-6-8)2-9-4/h1-2,8H,(H2,5,7)/b6-1-. The highest BCUT2D eigenvalue weighted by atomic mass is 32.1. The van der Waals surface area contributed by atoms with Crippen LogP contribution in [0.1, 0.15) is 5.69 Å². The molecule has 0 aromatic carbocycles. The number of oxime groups is 1. The molecule has 0 amide bonds. The van der Waals surface area contributed by atoms with Gasteiger partial charge < -0.3 is 10.9 Å². The van der Waals surface area contributed by atoms with Crippen molar-refractivity contribution in [2.45, 2.75) is 0 Å². The van der Waals surface area contributed by atoms with E-state index in [9.17, 15) is 0 Å². The van der Waals surface area contributed by atoms with Crippen LogP contribution in [0.4, 0.5) is 5.13 Å². The van der Waals surface area contributed by atoms with Gasteiger partial charge in [0.1, 0.15) is 0 Å². The van der Waals surface area contributed by atoms with E-state index in [4.69, 9.17) is 10.9 Å². The molecule has 0 fully saturated rings. The Labute approximate surface area is 55.6 Å². The summed E-state index contributed by atoms with van der Waals surface area (Å²) in [6.45, 7) is 0. The second-order valence-corrected chi connectivity index (χ2v) is 2.24. The first-order chi connectivity index (χ1) is 4.33. The molecule has 5 heteroatoms. The van der Waals surface area contributed by atoms with Crippen molar-refractivity contribution in [2.24, 2.45) is 5.16 Å². The minimum absolute atomic E-state index is 0.477. The van der Waals surface area contributed by atoms with Crippen molar-refractivity contribution >= 4 is 22.7 Å². The van der Waals surface area contributed by atoms with Gasteiger partial charge >= 0.3 is 0 Å². The second kappa shape index (κ2) is 2.45. The minimum Gasteiger partial charge on any atom is -0.411 e. The first-order valence-corrected chi connectivity index (χ1v) is 3.09. The van der Waals surface area contributed by atoms with E-state index in [1.54, 1.807) is 5.38 Å². The van der Waals surface area contributed by atoms with Gasteiger partial charge in [-0.25, -0.2) is 4.98 Å². The van der Waals surface area contributed by atoms with Crippen LogP contribution in [-0.4, -0.2) is 16.4 Å². The van der Waals surface area contributed by atoms with E-state index in [2.05, 4.69) is 10.1 Å². The molecular weight excluding hydrogens is 138 g/mol. The number of nitrogens with zero attached hydrogens (tertiary/aromatic N) is 2. The van der Waals surface area contributed by atoms with Crippen molar-refractivity contribution in [3.05, 3.63) is 11.1 Å². The molecule has 9 heavy (non-hydrogen) atoms. The molecule has 0 aliphatic rings. The van der Waals surface area contributed by atoms with Crippen molar-refractivity contribution in [1.29, 1.82) is 0 Å². The van der Waals surface area contributed by atoms with E-state index in [1.807, 2.05) is 0 Å². The van der Waals surface area contributed by atoms with E-state index in [-0.39, 0.29) is 0 Å². The first-order valence-electron chi connectivity index (χ1n) is 2.21. The molecule has 0 atom stereocenters. The maximum absolute atomic E-state index is 8.02. The second-order valence-electron chi connectivity index (χ2n) is 1.36. The largest absolute Gasteiger partial charge is 0.411 e. The fourth-order valence-electron chi connectivity index (χ4n) is 0.419. The van der Waals surface area contributed by atoms with Gasteiger partial charge in [-0.05, 0) is 0 Å². The van der Waals surface area contributed by atoms with E-state index in [0.29, 0.717) is 10.8 Å². The van der Waals surface area contributed by atoms with Gasteiger partial charge in [0.25, 0.3) is 0 Å². The Hall–Kier alpha value is -1.10. The lowest BCUT2D eigenvalue weighted by Gasteiger charge is -1.75. The summed E-state index contributed by atoms with van der Waals surface area (Å²) in [5, 5.41) is 13.0. The summed E-state index contributed by atoms with van der Waals surface area (Å²) in [6, 6.07) is 0. The van der Waals surface area contributed by atoms with Gasteiger partial charge in [-0.15, -0.1) is 11.3 Å². The highest BCUT2D eigenvalue weighted by molar-refractivity contribution is 7.13. The van der Waals surface area contributed by atoms with Crippen LogP contribution in [0.3, 0.4) is 0 Å². The van der Waals surface area contributed by atoms with Gasteiger partial charge in [0.15, 0.2) is 5.13 Å². The third-order valence-electron chi connectivity index (χ3n) is 0.730. The van der Waals surface area contributed by atoms with Crippen LogP contribution >= 0.6 is 11.3 Å². The van der Waals surface area contributed by atoms with E-state index >= 15 is 0 Å². The lowest BCUT2D eigenvalue weighted by atomic mass is 10.6. The summed E-state index contributed by atoms with van der Waals surface area (Å²) in [5.41, 5.74) is 5.86. The van der Waals surface area contributed by atoms with Crippen molar-refractivity contribution in [2.75, 3.05) is 5.73 Å². The lowest BCUT2D eigenvalue weighted by molar-refractivity contribution is 0.321. The van der Waals surface area contributed by atoms with Gasteiger partial charge in [-0.1, -0.05) is 5.16 Å². The van der Waals surface area contributed by atoms with Crippen LogP contribution in [0, 0.1) is 0 Å². The van der Waals surface area contributed by atoms with Crippen LogP contribution in [0.15, 0.2) is 10.5 Å². The molecule has 1 aromatic rings. The molecule has 0 aliphatic heterocycles. The Morgan fingerprint density at radius 1 is 1.89 bits per heavy atom. The fourth-order valence-corrected chi connectivity index (χ4v) is 0.932. The van der Waals surface area contributed by atoms with E-state index < -0.39 is 0 Å². The molecule has 0 unspecified atom stereocenters. The molecular formula is C4H5N3OS. The zero-order chi connectivity index (χ0) is 6.69. The fraction of sp³-hybridized carbons (Fsp3) is 0. The van der Waals surface area contributed by atoms with Gasteiger partial charge in [0, 0.05) is 5.38 Å². The van der Waals surface area contributed by atoms with Gasteiger partial charge in [-0.2, -0.15) is 0 Å². The number of hydrogen-bond donors (Lipinski definition) is 2. The predicted molar refractivity (Wildman–Crippen MR) is 35.9 cm³/mol. The number of anilines is 1. The molecule has 1 heterocycles. The summed E-state index contributed by atoms with van der Waals surface area (Å²) in [4.78, 5) is 3.79. The molecule has 4 nitrogen and oxygen atoms in total. The molecule has 48 valence electrons. The van der Waals surface area contributed by atoms with Crippen LogP contribution < -0.4 is 5.73 Å². The molecule has 0 saturated heterocycles. The number of rotatable bonds is 1. The number of nitrogen functional groups attached to an aromatic ring is 1. The van der Waals surface area contributed by atoms with Crippen LogP contribution in [0.5, 0.6) is 0 Å². The molecule has 1 aromatic heterocycles. The quantitative estimate of drug-likeness (QED) is 0.342. The normalized spacial score (nSPS) is 10.7. The Morgan fingerprint density at radius 2 is 2.67 bits per heavy atom. The van der Waals surface area contributed by atoms with E-state index in [1.165, 1.54) is 17.6 Å². The van der Waals surface area contributed by atoms with Crippen LogP contribution in [0.25, 0.3) is 0 Å². The maximum Gasteiger partial charge on any atom is 0.180 e. The lowest BCUT2D eigenvalue weighted by Crippen LogP contribution is -1.84. The average molecular weight is 143 g/mol. The van der Waals surface area contributed by atoms with Crippen LogP contribution in [-0.2, 0) is 0 Å². The topological polar surface area (TPSA) is 71.5 Å². The van der Waals surface area contributed by atoms with Gasteiger partial charge in [-0.3, -0.25) is 0 Å². The van der Waals surface area contributed by atoms with Crippen molar-refractivity contribution in [3.63, 3.8) is 0 Å². The Kier molecular flexibility index (Phi) is 1.64. The smallest absolute Gasteiger partial charge is 0.180 e. The summed E-state index contributed by atoms with van der Waals surface area (Å²) in [7, 11) is 0.